The van der Waals surface area contributed by atoms with Crippen LogP contribution in [0.15, 0.2) is 0 Å². The van der Waals surface area contributed by atoms with Crippen molar-refractivity contribution in [1.29, 1.82) is 26.3 Å². The Balaban J connectivity index is -0.0000000143. The van der Waals surface area contributed by atoms with E-state index in [0.29, 0.717) is 31.3 Å². The van der Waals surface area contributed by atoms with Crippen LogP contribution in [-0.2, 0) is 22.4 Å². The molecule has 0 N–H and O–H groups in total. The summed E-state index contributed by atoms with van der Waals surface area (Å²) in [6.45, 7) is 0. The first-order valence-corrected chi connectivity index (χ1v) is 2.14. The van der Waals surface area contributed by atoms with Crippen molar-refractivity contribution in [2.24, 2.45) is 0 Å². The van der Waals surface area contributed by atoms with Gasteiger partial charge in [0, 0.05) is 31.3 Å². The number of hydrogen-bond donors (Lipinski definition) is 0. The van der Waals surface area contributed by atoms with Gasteiger partial charge in [-0.15, -0.1) is 0 Å². The normalized spacial score (nSPS) is 2.06. The molecule has 88 valence electrons. The van der Waals surface area contributed by atoms with Crippen molar-refractivity contribution in [2.75, 3.05) is 0 Å². The summed E-state index contributed by atoms with van der Waals surface area (Å²) in [5.74, 6) is 0. The topological polar surface area (TPSA) is 234 Å². The minimum atomic E-state index is 0. The van der Waals surface area contributed by atoms with E-state index in [1.807, 2.05) is 0 Å². The quantitative estimate of drug-likeness (QED) is 0.251. The van der Waals surface area contributed by atoms with Crippen molar-refractivity contribution in [2.45, 2.75) is 0 Å². The summed E-state index contributed by atoms with van der Waals surface area (Å²) in [5, 5.41) is 75.0. The van der Waals surface area contributed by atoms with Gasteiger partial charge >= 0.3 is 60.1 Å². The van der Waals surface area contributed by atoms with Gasteiger partial charge in [0.15, 0.2) is 0 Å². The summed E-state index contributed by atoms with van der Waals surface area (Å²) in [4.78, 5) is 0. The molecule has 0 aromatic carbocycles. The average molecular weight is 447 g/mol. The van der Waals surface area contributed by atoms with E-state index in [0.717, 1.165) is 0 Å². The molecule has 12 heteroatoms. The second kappa shape index (κ2) is 220. The second-order valence-electron chi connectivity index (χ2n) is 0.456. The van der Waals surface area contributed by atoms with Crippen LogP contribution in [-0.4, -0.2) is 37.7 Å². The van der Waals surface area contributed by atoms with E-state index < -0.39 is 0 Å². The molecule has 0 amide bonds. The zero-order valence-electron chi connectivity index (χ0n) is 7.79. The van der Waals surface area contributed by atoms with Crippen LogP contribution in [0.25, 0.3) is 0 Å². The van der Waals surface area contributed by atoms with Crippen LogP contribution in [0.2, 0.25) is 0 Å². The van der Waals surface area contributed by atoms with Crippen molar-refractivity contribution < 1.29 is 47.9 Å². The molecule has 0 aromatic rings. The molecule has 0 aliphatic rings. The Morgan fingerprint density at radius 1 is 0.471 bits per heavy atom. The Kier molecular flexibility index (Phi) is 584. The zero-order valence-corrected chi connectivity index (χ0v) is 12.2. The SMILES string of the molecule is N#C[O-].N#C[O-].N#C[O-].N#C[O-].N#C[O-].[Au+3].[Ca+2]. The predicted octanol–water partition coefficient (Wildman–Crippen LogP) is -6.24. The van der Waals surface area contributed by atoms with Crippen molar-refractivity contribution in [3.8, 4) is 31.3 Å². The molecule has 0 unspecified atom stereocenters. The van der Waals surface area contributed by atoms with Crippen molar-refractivity contribution in [3.05, 3.63) is 0 Å². The van der Waals surface area contributed by atoms with Crippen LogP contribution in [0, 0.1) is 57.6 Å². The molecule has 17 heavy (non-hydrogen) atoms. The van der Waals surface area contributed by atoms with E-state index in [1.54, 1.807) is 0 Å². The van der Waals surface area contributed by atoms with Crippen molar-refractivity contribution in [1.82, 2.24) is 0 Å². The van der Waals surface area contributed by atoms with E-state index in [9.17, 15) is 0 Å². The summed E-state index contributed by atoms with van der Waals surface area (Å²) < 4.78 is 0. The summed E-state index contributed by atoms with van der Waals surface area (Å²) in [5.41, 5.74) is 0. The van der Waals surface area contributed by atoms with Crippen LogP contribution in [0.5, 0.6) is 0 Å². The average Bonchev–Trinajstić information content (AvgIpc) is 2.09. The van der Waals surface area contributed by atoms with E-state index in [2.05, 4.69) is 0 Å². The third-order valence-corrected chi connectivity index (χ3v) is 0. The number of nitrogens with zero attached hydrogens (tertiary/aromatic N) is 5. The van der Waals surface area contributed by atoms with Crippen LogP contribution in [0.1, 0.15) is 0 Å². The smallest absolute Gasteiger partial charge is 0.812 e. The van der Waals surface area contributed by atoms with Gasteiger partial charge in [-0.1, -0.05) is 0 Å². The van der Waals surface area contributed by atoms with Crippen molar-refractivity contribution in [3.63, 3.8) is 0 Å². The van der Waals surface area contributed by atoms with Crippen LogP contribution < -0.4 is 25.5 Å². The fraction of sp³-hybridized carbons (Fsp3) is 0. The van der Waals surface area contributed by atoms with Crippen LogP contribution in [0.3, 0.4) is 0 Å². The molecular formula is C5AuCaN5O5. The maximum atomic E-state index is 8.24. The molecule has 0 heterocycles. The fourth-order valence-corrected chi connectivity index (χ4v) is 0. The van der Waals surface area contributed by atoms with Crippen LogP contribution >= 0.6 is 0 Å². The van der Waals surface area contributed by atoms with Gasteiger partial charge < -0.3 is 25.5 Å². The molecule has 0 fully saturated rings. The Morgan fingerprint density at radius 2 is 0.471 bits per heavy atom. The maximum absolute atomic E-state index is 8.24. The molecule has 0 radical (unpaired) electrons. The van der Waals surface area contributed by atoms with Crippen LogP contribution in [0.4, 0.5) is 0 Å². The Labute approximate surface area is 142 Å². The molecular weight excluding hydrogens is 447 g/mol. The van der Waals surface area contributed by atoms with Gasteiger partial charge in [-0.2, -0.15) is 0 Å². The molecule has 0 aliphatic carbocycles. The summed E-state index contributed by atoms with van der Waals surface area (Å²) in [6, 6.07) is 0. The number of rotatable bonds is 0. The summed E-state index contributed by atoms with van der Waals surface area (Å²) in [7, 11) is 0. The van der Waals surface area contributed by atoms with Gasteiger partial charge in [0.2, 0.25) is 0 Å². The maximum Gasteiger partial charge on any atom is 3.00 e. The van der Waals surface area contributed by atoms with Gasteiger partial charge in [-0.25, -0.2) is 26.3 Å². The van der Waals surface area contributed by atoms with Gasteiger partial charge in [-0.05, 0) is 0 Å². The van der Waals surface area contributed by atoms with E-state index in [-0.39, 0.29) is 60.1 Å². The minimum Gasteiger partial charge on any atom is -0.812 e. The minimum absolute atomic E-state index is 0. The standard InChI is InChI=1S/5CHNO.Au.Ca/c5*2-1-3;;/h5*3H;;/q;;;;;+3;+2/p-5. The molecule has 0 atom stereocenters. The monoisotopic (exact) mass is 447 g/mol. The number of hydrogen-bond acceptors (Lipinski definition) is 10. The molecule has 10 nitrogen and oxygen atoms in total. The van der Waals surface area contributed by atoms with Gasteiger partial charge in [0.05, 0.1) is 0 Å². The van der Waals surface area contributed by atoms with E-state index in [1.165, 1.54) is 0 Å². The molecule has 0 aromatic heterocycles. The molecule has 0 aliphatic heterocycles. The first-order valence-electron chi connectivity index (χ1n) is 2.14. The molecule has 0 spiro atoms. The summed E-state index contributed by atoms with van der Waals surface area (Å²) >= 11 is 0. The molecule has 0 rings (SSSR count). The third-order valence-electron chi connectivity index (χ3n) is 0. The Bertz CT molecular complexity index is 212. The predicted molar refractivity (Wildman–Crippen MR) is 33.8 cm³/mol. The largest absolute Gasteiger partial charge is 3.00 e. The fourth-order valence-electron chi connectivity index (χ4n) is 0. The number of nitriles is 5. The van der Waals surface area contributed by atoms with Crippen molar-refractivity contribution >= 4 is 37.7 Å². The van der Waals surface area contributed by atoms with Gasteiger partial charge in [0.1, 0.15) is 0 Å². The molecule has 0 saturated carbocycles. The van der Waals surface area contributed by atoms with E-state index in [4.69, 9.17) is 51.8 Å². The molecule has 0 saturated heterocycles. The molecule has 0 bridgehead atoms. The first kappa shape index (κ1) is 45.2. The van der Waals surface area contributed by atoms with E-state index >= 15 is 0 Å². The third kappa shape index (κ3) is 932. The second-order valence-corrected chi connectivity index (χ2v) is 0.456. The van der Waals surface area contributed by atoms with Gasteiger partial charge in [0.25, 0.3) is 0 Å². The van der Waals surface area contributed by atoms with Gasteiger partial charge in [-0.3, -0.25) is 0 Å². The Morgan fingerprint density at radius 3 is 0.471 bits per heavy atom. The first-order chi connectivity index (χ1) is 7.07. The zero-order chi connectivity index (χ0) is 13.5. The summed E-state index contributed by atoms with van der Waals surface area (Å²) in [6.07, 6.45) is 2.50. The Hall–Kier alpha value is -1.55.